The highest BCUT2D eigenvalue weighted by Crippen LogP contribution is 1.91. The lowest BCUT2D eigenvalue weighted by Gasteiger charge is -1.99. The molecule has 5 nitrogen and oxygen atoms in total. The summed E-state index contributed by atoms with van der Waals surface area (Å²) in [6.07, 6.45) is 1.33. The van der Waals surface area contributed by atoms with Crippen LogP contribution in [-0.2, 0) is 19.1 Å². The number of allylic oxidation sites excluding steroid dienone is 1. The third kappa shape index (κ3) is 14.3. The van der Waals surface area contributed by atoms with Gasteiger partial charge in [-0.1, -0.05) is 13.2 Å². The molecule has 0 unspecified atom stereocenters. The maximum Gasteiger partial charge on any atom is 0.333 e. The van der Waals surface area contributed by atoms with Gasteiger partial charge < -0.3 is 4.74 Å². The van der Waals surface area contributed by atoms with Gasteiger partial charge in [0.2, 0.25) is 11.3 Å². The van der Waals surface area contributed by atoms with Crippen molar-refractivity contribution < 1.29 is 19.1 Å². The van der Waals surface area contributed by atoms with Gasteiger partial charge in [0.05, 0.1) is 6.54 Å². The Balaban J connectivity index is 0. The van der Waals surface area contributed by atoms with Crippen LogP contribution >= 0.6 is 11.6 Å². The van der Waals surface area contributed by atoms with E-state index in [0.717, 1.165) is 0 Å². The summed E-state index contributed by atoms with van der Waals surface area (Å²) >= 11 is 4.87. The SMILES string of the molecule is C=C(C)C(=O)Cl.C=C(C)C(=O)OCCN=C=O. The van der Waals surface area contributed by atoms with Crippen LogP contribution in [-0.4, -0.2) is 30.4 Å². The van der Waals surface area contributed by atoms with E-state index in [-0.39, 0.29) is 13.2 Å². The fraction of sp³-hybridized carbons (Fsp3) is 0.364. The van der Waals surface area contributed by atoms with Gasteiger partial charge in [0.15, 0.2) is 0 Å². The second kappa shape index (κ2) is 10.8. The minimum atomic E-state index is -0.467. The summed E-state index contributed by atoms with van der Waals surface area (Å²) in [5.41, 5.74) is 0.719. The summed E-state index contributed by atoms with van der Waals surface area (Å²) in [5, 5.41) is -0.463. The first-order chi connectivity index (χ1) is 7.82. The van der Waals surface area contributed by atoms with Crippen molar-refractivity contribution in [3.8, 4) is 0 Å². The van der Waals surface area contributed by atoms with Gasteiger partial charge in [0, 0.05) is 11.1 Å². The highest BCUT2D eigenvalue weighted by molar-refractivity contribution is 6.67. The molecule has 0 saturated heterocycles. The minimum absolute atomic E-state index is 0.0981. The van der Waals surface area contributed by atoms with Crippen LogP contribution in [0, 0.1) is 0 Å². The van der Waals surface area contributed by atoms with Gasteiger partial charge in [0.1, 0.15) is 6.61 Å². The third-order valence-corrected chi connectivity index (χ3v) is 1.51. The lowest BCUT2D eigenvalue weighted by atomic mass is 10.4. The van der Waals surface area contributed by atoms with Crippen molar-refractivity contribution in [3.63, 3.8) is 0 Å². The van der Waals surface area contributed by atoms with E-state index in [1.165, 1.54) is 6.08 Å². The Labute approximate surface area is 105 Å². The van der Waals surface area contributed by atoms with E-state index < -0.39 is 11.2 Å². The van der Waals surface area contributed by atoms with Crippen molar-refractivity contribution in [2.75, 3.05) is 13.2 Å². The van der Waals surface area contributed by atoms with E-state index in [2.05, 4.69) is 22.9 Å². The summed E-state index contributed by atoms with van der Waals surface area (Å²) < 4.78 is 4.59. The molecule has 0 rings (SSSR count). The van der Waals surface area contributed by atoms with Gasteiger partial charge in [-0.15, -0.1) is 0 Å². The molecule has 0 heterocycles. The Morgan fingerprint density at radius 2 is 1.76 bits per heavy atom. The van der Waals surface area contributed by atoms with Gasteiger partial charge in [-0.25, -0.2) is 14.6 Å². The molecule has 0 aliphatic heterocycles. The maximum absolute atomic E-state index is 10.6. The predicted octanol–water partition coefficient (Wildman–Crippen LogP) is 1.77. The summed E-state index contributed by atoms with van der Waals surface area (Å²) in [4.78, 5) is 33.2. The number of aliphatic imine (C=N–C) groups is 1. The van der Waals surface area contributed by atoms with Gasteiger partial charge >= 0.3 is 5.97 Å². The van der Waals surface area contributed by atoms with Crippen molar-refractivity contribution >= 4 is 28.9 Å². The number of ether oxygens (including phenoxy) is 1. The number of carbonyl (C=O) groups is 2. The van der Waals surface area contributed by atoms with Crippen molar-refractivity contribution in [2.24, 2.45) is 4.99 Å². The molecule has 0 fully saturated rings. The highest BCUT2D eigenvalue weighted by atomic mass is 35.5. The lowest BCUT2D eigenvalue weighted by Crippen LogP contribution is -2.07. The zero-order chi connectivity index (χ0) is 13.8. The molecule has 0 radical (unpaired) electrons. The quantitative estimate of drug-likeness (QED) is 0.188. The molecule has 0 spiro atoms. The fourth-order valence-electron chi connectivity index (χ4n) is 0.353. The Kier molecular flexibility index (Phi) is 11.2. The number of esters is 1. The number of nitrogens with zero attached hydrogens (tertiary/aromatic N) is 1. The molecule has 6 heteroatoms. The average Bonchev–Trinajstić information content (AvgIpc) is 2.24. The monoisotopic (exact) mass is 259 g/mol. The van der Waals surface area contributed by atoms with E-state index in [9.17, 15) is 14.4 Å². The molecule has 0 aliphatic carbocycles. The molecule has 0 aromatic heterocycles. The third-order valence-electron chi connectivity index (χ3n) is 1.18. The number of halogens is 1. The van der Waals surface area contributed by atoms with Gasteiger partial charge in [-0.3, -0.25) is 4.79 Å². The molecule has 0 atom stereocenters. The Morgan fingerprint density at radius 1 is 1.29 bits per heavy atom. The molecule has 0 aromatic carbocycles. The molecule has 0 aliphatic rings. The smallest absolute Gasteiger partial charge is 0.333 e. The average molecular weight is 260 g/mol. The van der Waals surface area contributed by atoms with Crippen LogP contribution < -0.4 is 0 Å². The molecular formula is C11H14ClNO4. The molecule has 94 valence electrons. The van der Waals surface area contributed by atoms with Crippen molar-refractivity contribution in [2.45, 2.75) is 13.8 Å². The number of hydrogen-bond donors (Lipinski definition) is 0. The minimum Gasteiger partial charge on any atom is -0.460 e. The van der Waals surface area contributed by atoms with Gasteiger partial charge in [-0.2, -0.15) is 0 Å². The lowest BCUT2D eigenvalue weighted by molar-refractivity contribution is -0.138. The zero-order valence-electron chi connectivity index (χ0n) is 9.79. The normalized spacial score (nSPS) is 7.94. The standard InChI is InChI=1S/C7H9NO3.C4H5ClO/c1-6(2)7(10)11-4-3-8-5-9;1-3(2)4(5)6/h1,3-4H2,2H3;1H2,2H3. The van der Waals surface area contributed by atoms with E-state index in [1.54, 1.807) is 13.8 Å². The molecule has 0 amide bonds. The topological polar surface area (TPSA) is 72.8 Å². The summed E-state index contributed by atoms with van der Waals surface area (Å²) in [6.45, 7) is 10.0. The Bertz CT molecular complexity index is 344. The van der Waals surface area contributed by atoms with E-state index in [0.29, 0.717) is 11.1 Å². The molecular weight excluding hydrogens is 246 g/mol. The largest absolute Gasteiger partial charge is 0.460 e. The van der Waals surface area contributed by atoms with Crippen LogP contribution in [0.4, 0.5) is 0 Å². The van der Waals surface area contributed by atoms with Crippen molar-refractivity contribution in [1.82, 2.24) is 0 Å². The highest BCUT2D eigenvalue weighted by Gasteiger charge is 2.00. The van der Waals surface area contributed by atoms with Crippen LogP contribution in [0.3, 0.4) is 0 Å². The Morgan fingerprint density at radius 3 is 2.06 bits per heavy atom. The first kappa shape index (κ1) is 17.7. The van der Waals surface area contributed by atoms with Crippen LogP contribution in [0.1, 0.15) is 13.8 Å². The van der Waals surface area contributed by atoms with Gasteiger partial charge in [0.25, 0.3) is 0 Å². The summed E-state index contributed by atoms with van der Waals surface area (Å²) in [6, 6.07) is 0. The fourth-order valence-corrected chi connectivity index (χ4v) is 0.353. The summed E-state index contributed by atoms with van der Waals surface area (Å²) in [7, 11) is 0. The molecule has 17 heavy (non-hydrogen) atoms. The van der Waals surface area contributed by atoms with Gasteiger partial charge in [-0.05, 0) is 25.4 Å². The molecule has 0 aromatic rings. The van der Waals surface area contributed by atoms with E-state index in [1.807, 2.05) is 0 Å². The number of hydrogen-bond acceptors (Lipinski definition) is 5. The zero-order valence-corrected chi connectivity index (χ0v) is 10.5. The van der Waals surface area contributed by atoms with E-state index >= 15 is 0 Å². The molecule has 0 saturated carbocycles. The summed E-state index contributed by atoms with van der Waals surface area (Å²) in [5.74, 6) is -0.467. The van der Waals surface area contributed by atoms with E-state index in [4.69, 9.17) is 11.6 Å². The predicted molar refractivity (Wildman–Crippen MR) is 64.4 cm³/mol. The second-order valence-electron chi connectivity index (χ2n) is 2.94. The first-order valence-electron chi connectivity index (χ1n) is 4.54. The van der Waals surface area contributed by atoms with Crippen LogP contribution in [0.2, 0.25) is 0 Å². The Hall–Kier alpha value is -1.71. The number of carbonyl (C=O) groups excluding carboxylic acids is 3. The maximum atomic E-state index is 10.6. The molecule has 0 N–H and O–H groups in total. The van der Waals surface area contributed by atoms with Crippen molar-refractivity contribution in [3.05, 3.63) is 24.3 Å². The molecule has 0 bridgehead atoms. The number of isocyanates is 1. The van der Waals surface area contributed by atoms with Crippen LogP contribution in [0.15, 0.2) is 29.3 Å². The first-order valence-corrected chi connectivity index (χ1v) is 4.92. The number of rotatable bonds is 5. The second-order valence-corrected chi connectivity index (χ2v) is 3.29. The van der Waals surface area contributed by atoms with Crippen LogP contribution in [0.5, 0.6) is 0 Å². The van der Waals surface area contributed by atoms with Crippen molar-refractivity contribution in [1.29, 1.82) is 0 Å². The van der Waals surface area contributed by atoms with Crippen LogP contribution in [0.25, 0.3) is 0 Å².